The zero-order valence-electron chi connectivity index (χ0n) is 8.80. The predicted molar refractivity (Wildman–Crippen MR) is 58.7 cm³/mol. The summed E-state index contributed by atoms with van der Waals surface area (Å²) in [6.07, 6.45) is 3.40. The average Bonchev–Trinajstić information content (AvgIpc) is 2.17. The number of aromatic hydroxyl groups is 2. The Morgan fingerprint density at radius 3 is 2.62 bits per heavy atom. The molecule has 4 heteroatoms. The van der Waals surface area contributed by atoms with E-state index in [1.54, 1.807) is 13.0 Å². The minimum absolute atomic E-state index is 0.0274. The summed E-state index contributed by atoms with van der Waals surface area (Å²) in [5.74, 6) is -0.694. The molecule has 1 aromatic rings. The number of phenolic OH excluding ortho intramolecular Hbond substituents is 2. The van der Waals surface area contributed by atoms with E-state index in [0.29, 0.717) is 11.8 Å². The molecule has 16 heavy (non-hydrogen) atoms. The van der Waals surface area contributed by atoms with Gasteiger partial charge in [0.2, 0.25) is 0 Å². The molecule has 0 aliphatic heterocycles. The lowest BCUT2D eigenvalue weighted by molar-refractivity contribution is -0.114. The van der Waals surface area contributed by atoms with E-state index in [1.165, 1.54) is 12.1 Å². The summed E-state index contributed by atoms with van der Waals surface area (Å²) < 4.78 is 0. The van der Waals surface area contributed by atoms with Gasteiger partial charge < -0.3 is 10.2 Å². The molecule has 0 aliphatic carbocycles. The second-order valence-electron chi connectivity index (χ2n) is 3.30. The summed E-state index contributed by atoms with van der Waals surface area (Å²) >= 11 is 0. The largest absolute Gasteiger partial charge is 0.508 e. The number of carbonyl (C=O) groups excluding carboxylic acids is 2. The van der Waals surface area contributed by atoms with Crippen LogP contribution >= 0.6 is 0 Å². The van der Waals surface area contributed by atoms with E-state index in [-0.39, 0.29) is 29.3 Å². The van der Waals surface area contributed by atoms with E-state index in [0.717, 1.165) is 6.07 Å². The standard InChI is InChI=1S/C12H12O4/c1-2-3-9(14)4-8-5-10(15)6-12(16)11(8)7-13/h2-3,5-7,15-16H,4H2,1H3. The van der Waals surface area contributed by atoms with Gasteiger partial charge in [0.05, 0.1) is 5.56 Å². The lowest BCUT2D eigenvalue weighted by Crippen LogP contribution is -2.02. The lowest BCUT2D eigenvalue weighted by Gasteiger charge is -2.05. The van der Waals surface area contributed by atoms with Gasteiger partial charge in [-0.25, -0.2) is 0 Å². The van der Waals surface area contributed by atoms with Gasteiger partial charge >= 0.3 is 0 Å². The zero-order valence-corrected chi connectivity index (χ0v) is 8.80. The van der Waals surface area contributed by atoms with Crippen molar-refractivity contribution >= 4 is 12.1 Å². The molecule has 1 aromatic carbocycles. The van der Waals surface area contributed by atoms with Crippen molar-refractivity contribution in [3.8, 4) is 11.5 Å². The fraction of sp³-hybridized carbons (Fsp3) is 0.167. The number of hydrogen-bond donors (Lipinski definition) is 2. The van der Waals surface area contributed by atoms with Crippen molar-refractivity contribution in [1.29, 1.82) is 0 Å². The van der Waals surface area contributed by atoms with Crippen LogP contribution in [0.5, 0.6) is 11.5 Å². The molecule has 0 heterocycles. The summed E-state index contributed by atoms with van der Waals surface area (Å²) in [6.45, 7) is 1.71. The van der Waals surface area contributed by atoms with E-state index in [1.807, 2.05) is 0 Å². The van der Waals surface area contributed by atoms with Crippen molar-refractivity contribution in [2.24, 2.45) is 0 Å². The van der Waals surface area contributed by atoms with Crippen LogP contribution in [0.2, 0.25) is 0 Å². The average molecular weight is 220 g/mol. The third kappa shape index (κ3) is 2.70. The third-order valence-electron chi connectivity index (χ3n) is 2.06. The van der Waals surface area contributed by atoms with Gasteiger partial charge in [0.15, 0.2) is 12.1 Å². The molecule has 0 radical (unpaired) electrons. The molecular formula is C12H12O4. The molecule has 2 N–H and O–H groups in total. The first kappa shape index (κ1) is 12.0. The Morgan fingerprint density at radius 1 is 1.38 bits per heavy atom. The van der Waals surface area contributed by atoms with Crippen LogP contribution in [0.3, 0.4) is 0 Å². The second kappa shape index (κ2) is 5.11. The first-order valence-electron chi connectivity index (χ1n) is 4.74. The van der Waals surface area contributed by atoms with Crippen LogP contribution < -0.4 is 0 Å². The molecule has 0 spiro atoms. The maximum absolute atomic E-state index is 11.3. The molecule has 0 bridgehead atoms. The maximum atomic E-state index is 11.3. The molecule has 0 saturated carbocycles. The zero-order chi connectivity index (χ0) is 12.1. The van der Waals surface area contributed by atoms with Gasteiger partial charge in [-0.1, -0.05) is 6.08 Å². The van der Waals surface area contributed by atoms with Crippen LogP contribution in [-0.2, 0) is 11.2 Å². The summed E-state index contributed by atoms with van der Waals surface area (Å²) in [5.41, 5.74) is 0.353. The molecular weight excluding hydrogens is 208 g/mol. The van der Waals surface area contributed by atoms with Gasteiger partial charge in [0.25, 0.3) is 0 Å². The minimum Gasteiger partial charge on any atom is -0.508 e. The van der Waals surface area contributed by atoms with E-state index in [2.05, 4.69) is 0 Å². The Kier molecular flexibility index (Phi) is 3.83. The number of rotatable bonds is 4. The van der Waals surface area contributed by atoms with Crippen LogP contribution in [0.25, 0.3) is 0 Å². The van der Waals surface area contributed by atoms with Gasteiger partial charge in [-0.3, -0.25) is 9.59 Å². The third-order valence-corrected chi connectivity index (χ3v) is 2.06. The van der Waals surface area contributed by atoms with Crippen molar-refractivity contribution < 1.29 is 19.8 Å². The number of aldehydes is 1. The molecule has 0 amide bonds. The smallest absolute Gasteiger partial charge is 0.159 e. The number of ketones is 1. The van der Waals surface area contributed by atoms with Crippen molar-refractivity contribution in [3.05, 3.63) is 35.4 Å². The molecule has 0 unspecified atom stereocenters. The summed E-state index contributed by atoms with van der Waals surface area (Å²) in [4.78, 5) is 22.1. The quantitative estimate of drug-likeness (QED) is 0.597. The lowest BCUT2D eigenvalue weighted by atomic mass is 10.0. The highest BCUT2D eigenvalue weighted by atomic mass is 16.3. The molecule has 0 aliphatic rings. The molecule has 0 aromatic heterocycles. The molecule has 0 atom stereocenters. The normalized spacial score (nSPS) is 10.6. The van der Waals surface area contributed by atoms with Crippen molar-refractivity contribution in [3.63, 3.8) is 0 Å². The van der Waals surface area contributed by atoms with Gasteiger partial charge in [0, 0.05) is 12.5 Å². The van der Waals surface area contributed by atoms with Gasteiger partial charge in [0.1, 0.15) is 11.5 Å². The monoisotopic (exact) mass is 220 g/mol. The number of benzene rings is 1. The van der Waals surface area contributed by atoms with E-state index in [4.69, 9.17) is 0 Å². The molecule has 4 nitrogen and oxygen atoms in total. The SMILES string of the molecule is CC=CC(=O)Cc1cc(O)cc(O)c1C=O. The van der Waals surface area contributed by atoms with Crippen molar-refractivity contribution in [1.82, 2.24) is 0 Å². The van der Waals surface area contributed by atoms with Gasteiger partial charge in [-0.15, -0.1) is 0 Å². The molecule has 0 saturated heterocycles. The van der Waals surface area contributed by atoms with Crippen LogP contribution in [0.15, 0.2) is 24.3 Å². The van der Waals surface area contributed by atoms with Crippen LogP contribution in [0.4, 0.5) is 0 Å². The second-order valence-corrected chi connectivity index (χ2v) is 3.30. The minimum atomic E-state index is -0.321. The molecule has 0 fully saturated rings. The number of allylic oxidation sites excluding steroid dienone is 2. The Bertz CT molecular complexity index is 447. The first-order valence-corrected chi connectivity index (χ1v) is 4.74. The summed E-state index contributed by atoms with van der Waals surface area (Å²) in [7, 11) is 0. The highest BCUT2D eigenvalue weighted by molar-refractivity contribution is 5.94. The van der Waals surface area contributed by atoms with Crippen molar-refractivity contribution in [2.45, 2.75) is 13.3 Å². The van der Waals surface area contributed by atoms with Crippen LogP contribution in [-0.4, -0.2) is 22.3 Å². The Labute approximate surface area is 92.8 Å². The fourth-order valence-electron chi connectivity index (χ4n) is 1.40. The van der Waals surface area contributed by atoms with Gasteiger partial charge in [-0.05, 0) is 24.6 Å². The Morgan fingerprint density at radius 2 is 2.06 bits per heavy atom. The van der Waals surface area contributed by atoms with Gasteiger partial charge in [-0.2, -0.15) is 0 Å². The number of hydrogen-bond acceptors (Lipinski definition) is 4. The molecule has 84 valence electrons. The highest BCUT2D eigenvalue weighted by Gasteiger charge is 2.11. The summed E-state index contributed by atoms with van der Waals surface area (Å²) in [5, 5.41) is 18.6. The first-order chi connectivity index (χ1) is 7.58. The van der Waals surface area contributed by atoms with Crippen LogP contribution in [0, 0.1) is 0 Å². The fourth-order valence-corrected chi connectivity index (χ4v) is 1.40. The Balaban J connectivity index is 3.11. The molecule has 1 rings (SSSR count). The van der Waals surface area contributed by atoms with Crippen LogP contribution in [0.1, 0.15) is 22.8 Å². The van der Waals surface area contributed by atoms with E-state index >= 15 is 0 Å². The van der Waals surface area contributed by atoms with E-state index < -0.39 is 0 Å². The highest BCUT2D eigenvalue weighted by Crippen LogP contribution is 2.26. The maximum Gasteiger partial charge on any atom is 0.159 e. The number of phenols is 2. The Hall–Kier alpha value is -2.10. The van der Waals surface area contributed by atoms with E-state index in [9.17, 15) is 19.8 Å². The predicted octanol–water partition coefficient (Wildman–Crippen LogP) is 1.60. The topological polar surface area (TPSA) is 74.6 Å². The summed E-state index contributed by atoms with van der Waals surface area (Å²) in [6, 6.07) is 2.36. The number of carbonyl (C=O) groups is 2. The van der Waals surface area contributed by atoms with Crippen molar-refractivity contribution in [2.75, 3.05) is 0 Å².